The van der Waals surface area contributed by atoms with E-state index in [2.05, 4.69) is 15.6 Å². The Labute approximate surface area is 208 Å². The standard InChI is InChI=1S/C26H29N5O5/c1-26(25(34)28-14-17-5-9-19(35-2)10-6-17)15-30-16-29-21(22(30)24(33)31(26)18-7-8-18)23(32)27-12-11-20-4-3-13-36-20/h3-6,9-10,13,16,18H,7-8,11-12,14-15H2,1-2H3,(H,27,32)(H,28,34)/t26-/m1/s1. The lowest BCUT2D eigenvalue weighted by Crippen LogP contribution is -2.64. The van der Waals surface area contributed by atoms with Gasteiger partial charge < -0.3 is 29.3 Å². The summed E-state index contributed by atoms with van der Waals surface area (Å²) >= 11 is 0. The van der Waals surface area contributed by atoms with Crippen LogP contribution in [0.3, 0.4) is 0 Å². The molecule has 3 amide bonds. The molecule has 2 aromatic heterocycles. The molecular weight excluding hydrogens is 462 g/mol. The number of nitrogens with one attached hydrogen (secondary N) is 2. The Hall–Kier alpha value is -4.08. The number of benzene rings is 1. The molecule has 0 radical (unpaired) electrons. The summed E-state index contributed by atoms with van der Waals surface area (Å²) in [5, 5.41) is 5.80. The minimum atomic E-state index is -1.11. The predicted octanol–water partition coefficient (Wildman–Crippen LogP) is 2.15. The Morgan fingerprint density at radius 3 is 2.64 bits per heavy atom. The number of methoxy groups -OCH3 is 1. The highest BCUT2D eigenvalue weighted by molar-refractivity contribution is 6.07. The van der Waals surface area contributed by atoms with Crippen LogP contribution >= 0.6 is 0 Å². The fraction of sp³-hybridized carbons (Fsp3) is 0.385. The number of amides is 3. The molecular formula is C26H29N5O5. The van der Waals surface area contributed by atoms with E-state index in [0.29, 0.717) is 19.5 Å². The van der Waals surface area contributed by atoms with Gasteiger partial charge in [0.15, 0.2) is 5.69 Å². The number of rotatable bonds is 9. The van der Waals surface area contributed by atoms with E-state index in [1.165, 1.54) is 6.33 Å². The number of fused-ring (bicyclic) bond motifs is 1. The van der Waals surface area contributed by atoms with E-state index >= 15 is 0 Å². The number of aromatic nitrogens is 2. The molecule has 1 aliphatic heterocycles. The molecule has 3 heterocycles. The zero-order valence-electron chi connectivity index (χ0n) is 20.3. The van der Waals surface area contributed by atoms with E-state index in [9.17, 15) is 14.4 Å². The van der Waals surface area contributed by atoms with E-state index in [1.54, 1.807) is 35.8 Å². The third-order valence-corrected chi connectivity index (χ3v) is 6.73. The third kappa shape index (κ3) is 4.46. The second kappa shape index (κ2) is 9.52. The Bertz CT molecular complexity index is 1260. The van der Waals surface area contributed by atoms with Crippen LogP contribution in [-0.4, -0.2) is 57.4 Å². The molecule has 36 heavy (non-hydrogen) atoms. The molecule has 0 saturated heterocycles. The van der Waals surface area contributed by atoms with Gasteiger partial charge in [0, 0.05) is 25.6 Å². The van der Waals surface area contributed by atoms with Gasteiger partial charge in [-0.05, 0) is 49.6 Å². The molecule has 3 aromatic rings. The van der Waals surface area contributed by atoms with Crippen molar-refractivity contribution in [2.75, 3.05) is 13.7 Å². The van der Waals surface area contributed by atoms with Gasteiger partial charge in [-0.1, -0.05) is 12.1 Å². The second-order valence-electron chi connectivity index (χ2n) is 9.37. The predicted molar refractivity (Wildman–Crippen MR) is 129 cm³/mol. The first kappa shape index (κ1) is 23.7. The lowest BCUT2D eigenvalue weighted by Gasteiger charge is -2.44. The first-order valence-electron chi connectivity index (χ1n) is 12.0. The number of carbonyl (C=O) groups excluding carboxylic acids is 3. The Kier molecular flexibility index (Phi) is 6.26. The summed E-state index contributed by atoms with van der Waals surface area (Å²) in [6.07, 6.45) is 5.23. The zero-order chi connectivity index (χ0) is 25.3. The number of nitrogens with zero attached hydrogens (tertiary/aromatic N) is 3. The smallest absolute Gasteiger partial charge is 0.274 e. The van der Waals surface area contributed by atoms with E-state index in [4.69, 9.17) is 9.15 Å². The van der Waals surface area contributed by atoms with Gasteiger partial charge in [0.2, 0.25) is 5.91 Å². The minimum absolute atomic E-state index is 0.0345. The average molecular weight is 492 g/mol. The molecule has 0 unspecified atom stereocenters. The topological polar surface area (TPSA) is 119 Å². The van der Waals surface area contributed by atoms with E-state index in [-0.39, 0.29) is 35.8 Å². The summed E-state index contributed by atoms with van der Waals surface area (Å²) in [6, 6.07) is 11.0. The maximum atomic E-state index is 13.7. The number of hydrogen-bond donors (Lipinski definition) is 2. The maximum absolute atomic E-state index is 13.7. The van der Waals surface area contributed by atoms with Crippen LogP contribution < -0.4 is 15.4 Å². The Morgan fingerprint density at radius 1 is 1.19 bits per heavy atom. The van der Waals surface area contributed by atoms with Gasteiger partial charge >= 0.3 is 0 Å². The summed E-state index contributed by atoms with van der Waals surface area (Å²) in [5.41, 5.74) is 0.110. The average Bonchev–Trinajstić information content (AvgIpc) is 3.38. The molecule has 10 nitrogen and oxygen atoms in total. The van der Waals surface area contributed by atoms with Crippen molar-refractivity contribution in [3.63, 3.8) is 0 Å². The van der Waals surface area contributed by atoms with E-state index < -0.39 is 11.4 Å². The molecule has 1 fully saturated rings. The van der Waals surface area contributed by atoms with Crippen molar-refractivity contribution in [1.29, 1.82) is 0 Å². The molecule has 5 rings (SSSR count). The van der Waals surface area contributed by atoms with Crippen molar-refractivity contribution in [3.05, 3.63) is 71.7 Å². The van der Waals surface area contributed by atoms with Crippen LogP contribution in [-0.2, 0) is 24.3 Å². The Morgan fingerprint density at radius 2 is 1.97 bits per heavy atom. The van der Waals surface area contributed by atoms with Gasteiger partial charge in [-0.25, -0.2) is 4.98 Å². The maximum Gasteiger partial charge on any atom is 0.274 e. The normalized spacial score (nSPS) is 19.1. The van der Waals surface area contributed by atoms with Crippen molar-refractivity contribution < 1.29 is 23.5 Å². The zero-order valence-corrected chi connectivity index (χ0v) is 20.3. The van der Waals surface area contributed by atoms with Gasteiger partial charge in [-0.15, -0.1) is 0 Å². The van der Waals surface area contributed by atoms with Crippen LogP contribution in [0.15, 0.2) is 53.4 Å². The van der Waals surface area contributed by atoms with Crippen LogP contribution in [0, 0.1) is 0 Å². The second-order valence-corrected chi connectivity index (χ2v) is 9.37. The van der Waals surface area contributed by atoms with Crippen molar-refractivity contribution >= 4 is 17.7 Å². The van der Waals surface area contributed by atoms with Crippen LogP contribution in [0.2, 0.25) is 0 Å². The molecule has 10 heteroatoms. The van der Waals surface area contributed by atoms with Crippen LogP contribution in [0.5, 0.6) is 5.75 Å². The molecule has 1 saturated carbocycles. The monoisotopic (exact) mass is 491 g/mol. The summed E-state index contributed by atoms with van der Waals surface area (Å²) in [6.45, 7) is 2.67. The number of imidazole rings is 1. The van der Waals surface area contributed by atoms with E-state index in [1.807, 2.05) is 30.3 Å². The molecule has 188 valence electrons. The van der Waals surface area contributed by atoms with Crippen molar-refractivity contribution in [2.24, 2.45) is 0 Å². The van der Waals surface area contributed by atoms with Crippen molar-refractivity contribution in [2.45, 2.75) is 50.9 Å². The van der Waals surface area contributed by atoms with Gasteiger partial charge in [-0.2, -0.15) is 0 Å². The van der Waals surface area contributed by atoms with Crippen LogP contribution in [0.25, 0.3) is 0 Å². The molecule has 2 aliphatic rings. The fourth-order valence-electron chi connectivity index (χ4n) is 4.68. The SMILES string of the molecule is COc1ccc(CNC(=O)[C@@]2(C)Cn3cnc(C(=O)NCCc4ccco4)c3C(=O)N2C2CC2)cc1. The number of hydrogen-bond acceptors (Lipinski definition) is 6. The molecule has 1 aromatic carbocycles. The largest absolute Gasteiger partial charge is 0.497 e. The van der Waals surface area contributed by atoms with E-state index in [0.717, 1.165) is 29.9 Å². The lowest BCUT2D eigenvalue weighted by molar-refractivity contribution is -0.133. The number of ether oxygens (including phenoxy) is 1. The summed E-state index contributed by atoms with van der Waals surface area (Å²) < 4.78 is 12.1. The number of furan rings is 1. The molecule has 2 N–H and O–H groups in total. The van der Waals surface area contributed by atoms with Gasteiger partial charge in [0.25, 0.3) is 11.8 Å². The molecule has 1 atom stereocenters. The molecule has 1 aliphatic carbocycles. The first-order valence-corrected chi connectivity index (χ1v) is 12.0. The van der Waals surface area contributed by atoms with Crippen molar-refractivity contribution in [3.8, 4) is 5.75 Å². The Balaban J connectivity index is 1.32. The lowest BCUT2D eigenvalue weighted by atomic mass is 9.93. The molecule has 0 bridgehead atoms. The van der Waals surface area contributed by atoms with Gasteiger partial charge in [-0.3, -0.25) is 14.4 Å². The summed E-state index contributed by atoms with van der Waals surface area (Å²) in [5.74, 6) is 0.478. The van der Waals surface area contributed by atoms with Crippen LogP contribution in [0.4, 0.5) is 0 Å². The highest BCUT2D eigenvalue weighted by Gasteiger charge is 2.53. The number of carbonyl (C=O) groups is 3. The highest BCUT2D eigenvalue weighted by atomic mass is 16.5. The fourth-order valence-corrected chi connectivity index (χ4v) is 4.68. The third-order valence-electron chi connectivity index (χ3n) is 6.73. The highest BCUT2D eigenvalue weighted by Crippen LogP contribution is 2.38. The van der Waals surface area contributed by atoms with Gasteiger partial charge in [0.05, 0.1) is 26.2 Å². The quantitative estimate of drug-likeness (QED) is 0.474. The van der Waals surface area contributed by atoms with Crippen LogP contribution in [0.1, 0.15) is 52.1 Å². The summed E-state index contributed by atoms with van der Waals surface area (Å²) in [4.78, 5) is 45.9. The van der Waals surface area contributed by atoms with Gasteiger partial charge in [0.1, 0.15) is 22.7 Å². The minimum Gasteiger partial charge on any atom is -0.497 e. The molecule has 0 spiro atoms. The summed E-state index contributed by atoms with van der Waals surface area (Å²) in [7, 11) is 1.60. The van der Waals surface area contributed by atoms with Crippen molar-refractivity contribution in [1.82, 2.24) is 25.1 Å². The first-order chi connectivity index (χ1) is 17.4.